The Bertz CT molecular complexity index is 416. The molecule has 4 nitrogen and oxygen atoms in total. The van der Waals surface area contributed by atoms with Crippen LogP contribution in [0.4, 0.5) is 0 Å². The van der Waals surface area contributed by atoms with Gasteiger partial charge in [0.1, 0.15) is 13.2 Å². The quantitative estimate of drug-likeness (QED) is 0.805. The van der Waals surface area contributed by atoms with E-state index in [0.29, 0.717) is 25.1 Å². The van der Waals surface area contributed by atoms with E-state index in [9.17, 15) is 0 Å². The summed E-state index contributed by atoms with van der Waals surface area (Å²) in [4.78, 5) is 7.10. The summed E-state index contributed by atoms with van der Waals surface area (Å²) in [6, 6.07) is 4.41. The van der Waals surface area contributed by atoms with Crippen molar-refractivity contribution >= 4 is 0 Å². The fourth-order valence-corrected chi connectivity index (χ4v) is 2.67. The maximum absolute atomic E-state index is 5.55. The van der Waals surface area contributed by atoms with Crippen LogP contribution in [-0.4, -0.2) is 36.2 Å². The van der Waals surface area contributed by atoms with Gasteiger partial charge in [0.25, 0.3) is 5.88 Å². The van der Waals surface area contributed by atoms with Crippen LogP contribution in [0, 0.1) is 0 Å². The Hall–Kier alpha value is -1.29. The molecule has 0 radical (unpaired) electrons. The Morgan fingerprint density at radius 1 is 1.11 bits per heavy atom. The van der Waals surface area contributed by atoms with Crippen LogP contribution in [0.15, 0.2) is 12.1 Å². The lowest BCUT2D eigenvalue weighted by atomic mass is 10.1. The molecule has 0 aromatic carbocycles. The first-order valence-electron chi connectivity index (χ1n) is 6.85. The van der Waals surface area contributed by atoms with Gasteiger partial charge in [0.15, 0.2) is 5.75 Å². The van der Waals surface area contributed by atoms with E-state index in [0.717, 1.165) is 11.4 Å². The topological polar surface area (TPSA) is 34.6 Å². The number of ether oxygens (including phenoxy) is 2. The van der Waals surface area contributed by atoms with Crippen LogP contribution in [0.3, 0.4) is 0 Å². The number of nitrogens with zero attached hydrogens (tertiary/aromatic N) is 2. The van der Waals surface area contributed by atoms with Crippen LogP contribution >= 0.6 is 0 Å². The van der Waals surface area contributed by atoms with Gasteiger partial charge in [-0.1, -0.05) is 6.42 Å². The average Bonchev–Trinajstić information content (AvgIpc) is 2.47. The molecule has 1 unspecified atom stereocenters. The van der Waals surface area contributed by atoms with Crippen molar-refractivity contribution in [1.82, 2.24) is 9.88 Å². The number of rotatable bonds is 2. The fourth-order valence-electron chi connectivity index (χ4n) is 2.67. The monoisotopic (exact) mass is 248 g/mol. The minimum Gasteiger partial charge on any atom is -0.484 e. The second kappa shape index (κ2) is 5.14. The standard InChI is InChI=1S/C14H20N2O2/c1-11(16-7-3-2-4-8-16)12-5-6-13-14(15-12)18-10-9-17-13/h5-6,11H,2-4,7-10H2,1H3. The van der Waals surface area contributed by atoms with Crippen LogP contribution in [0.5, 0.6) is 11.6 Å². The van der Waals surface area contributed by atoms with Crippen LogP contribution < -0.4 is 9.47 Å². The number of aromatic nitrogens is 1. The summed E-state index contributed by atoms with van der Waals surface area (Å²) >= 11 is 0. The third-order valence-electron chi connectivity index (χ3n) is 3.79. The first-order chi connectivity index (χ1) is 8.84. The molecule has 0 amide bonds. The smallest absolute Gasteiger partial charge is 0.257 e. The van der Waals surface area contributed by atoms with Crippen molar-refractivity contribution in [3.63, 3.8) is 0 Å². The number of hydrogen-bond donors (Lipinski definition) is 0. The van der Waals surface area contributed by atoms with Crippen molar-refractivity contribution in [2.75, 3.05) is 26.3 Å². The molecule has 0 spiro atoms. The van der Waals surface area contributed by atoms with E-state index in [1.54, 1.807) is 0 Å². The van der Waals surface area contributed by atoms with E-state index in [-0.39, 0.29) is 0 Å². The summed E-state index contributed by atoms with van der Waals surface area (Å²) in [6.07, 6.45) is 3.96. The van der Waals surface area contributed by atoms with Gasteiger partial charge in [-0.3, -0.25) is 4.90 Å². The number of likely N-dealkylation sites (tertiary alicyclic amines) is 1. The lowest BCUT2D eigenvalue weighted by molar-refractivity contribution is 0.155. The van der Waals surface area contributed by atoms with E-state index in [1.807, 2.05) is 6.07 Å². The Balaban J connectivity index is 1.78. The summed E-state index contributed by atoms with van der Waals surface area (Å²) < 4.78 is 11.0. The first kappa shape index (κ1) is 11.8. The summed E-state index contributed by atoms with van der Waals surface area (Å²) in [5.41, 5.74) is 1.08. The van der Waals surface area contributed by atoms with E-state index >= 15 is 0 Å². The number of fused-ring (bicyclic) bond motifs is 1. The molecule has 0 N–H and O–H groups in total. The molecule has 0 bridgehead atoms. The lowest BCUT2D eigenvalue weighted by Gasteiger charge is -2.32. The van der Waals surface area contributed by atoms with Gasteiger partial charge >= 0.3 is 0 Å². The second-order valence-electron chi connectivity index (χ2n) is 5.01. The van der Waals surface area contributed by atoms with Gasteiger partial charge in [-0.05, 0) is 45.0 Å². The number of hydrogen-bond acceptors (Lipinski definition) is 4. The predicted octanol–water partition coefficient (Wildman–Crippen LogP) is 2.40. The summed E-state index contributed by atoms with van der Waals surface area (Å²) in [7, 11) is 0. The summed E-state index contributed by atoms with van der Waals surface area (Å²) in [5.74, 6) is 1.43. The Morgan fingerprint density at radius 2 is 1.89 bits per heavy atom. The van der Waals surface area contributed by atoms with E-state index in [1.165, 1.54) is 32.4 Å². The zero-order valence-corrected chi connectivity index (χ0v) is 10.9. The molecule has 1 fully saturated rings. The molecule has 0 saturated carbocycles. The van der Waals surface area contributed by atoms with E-state index < -0.39 is 0 Å². The molecule has 2 aliphatic heterocycles. The van der Waals surface area contributed by atoms with Crippen molar-refractivity contribution in [2.24, 2.45) is 0 Å². The molecule has 1 saturated heterocycles. The molecular weight excluding hydrogens is 228 g/mol. The third kappa shape index (κ3) is 2.29. The van der Waals surface area contributed by atoms with Gasteiger partial charge in [-0.25, -0.2) is 4.98 Å². The Morgan fingerprint density at radius 3 is 2.72 bits per heavy atom. The van der Waals surface area contributed by atoms with Gasteiger partial charge in [0.2, 0.25) is 0 Å². The highest BCUT2D eigenvalue weighted by Crippen LogP contribution is 2.31. The molecule has 1 aromatic heterocycles. The molecule has 3 rings (SSSR count). The van der Waals surface area contributed by atoms with Crippen molar-refractivity contribution < 1.29 is 9.47 Å². The second-order valence-corrected chi connectivity index (χ2v) is 5.01. The first-order valence-corrected chi connectivity index (χ1v) is 6.85. The molecule has 4 heteroatoms. The predicted molar refractivity (Wildman–Crippen MR) is 69.1 cm³/mol. The highest BCUT2D eigenvalue weighted by atomic mass is 16.6. The molecule has 0 aliphatic carbocycles. The molecule has 1 atom stereocenters. The normalized spacial score (nSPS) is 21.6. The van der Waals surface area contributed by atoms with E-state index in [2.05, 4.69) is 22.9 Å². The van der Waals surface area contributed by atoms with Crippen LogP contribution in [-0.2, 0) is 0 Å². The van der Waals surface area contributed by atoms with E-state index in [4.69, 9.17) is 9.47 Å². The summed E-state index contributed by atoms with van der Waals surface area (Å²) in [6.45, 7) is 5.80. The molecular formula is C14H20N2O2. The molecule has 18 heavy (non-hydrogen) atoms. The van der Waals surface area contributed by atoms with Crippen molar-refractivity contribution in [3.05, 3.63) is 17.8 Å². The zero-order valence-electron chi connectivity index (χ0n) is 10.9. The van der Waals surface area contributed by atoms with Crippen LogP contribution in [0.1, 0.15) is 37.9 Å². The van der Waals surface area contributed by atoms with Gasteiger partial charge in [0, 0.05) is 6.04 Å². The largest absolute Gasteiger partial charge is 0.484 e. The maximum Gasteiger partial charge on any atom is 0.257 e. The Kier molecular flexibility index (Phi) is 3.37. The van der Waals surface area contributed by atoms with Gasteiger partial charge in [-0.2, -0.15) is 0 Å². The highest BCUT2D eigenvalue weighted by Gasteiger charge is 2.21. The van der Waals surface area contributed by atoms with Crippen LogP contribution in [0.2, 0.25) is 0 Å². The number of piperidine rings is 1. The van der Waals surface area contributed by atoms with Crippen molar-refractivity contribution in [3.8, 4) is 11.6 Å². The van der Waals surface area contributed by atoms with Crippen LogP contribution in [0.25, 0.3) is 0 Å². The Labute approximate surface area is 108 Å². The van der Waals surface area contributed by atoms with Crippen molar-refractivity contribution in [2.45, 2.75) is 32.2 Å². The van der Waals surface area contributed by atoms with Gasteiger partial charge in [-0.15, -0.1) is 0 Å². The number of pyridine rings is 1. The third-order valence-corrected chi connectivity index (χ3v) is 3.79. The fraction of sp³-hybridized carbons (Fsp3) is 0.643. The SMILES string of the molecule is CC(c1ccc2c(n1)OCCO2)N1CCCCC1. The summed E-state index contributed by atoms with van der Waals surface area (Å²) in [5, 5.41) is 0. The molecule has 3 heterocycles. The minimum absolute atomic E-state index is 0.362. The maximum atomic E-state index is 5.55. The molecule has 2 aliphatic rings. The average molecular weight is 248 g/mol. The highest BCUT2D eigenvalue weighted by molar-refractivity contribution is 5.36. The minimum atomic E-state index is 0.362. The van der Waals surface area contributed by atoms with Crippen molar-refractivity contribution in [1.29, 1.82) is 0 Å². The zero-order chi connectivity index (χ0) is 12.4. The van der Waals surface area contributed by atoms with Gasteiger partial charge in [0.05, 0.1) is 5.69 Å². The lowest BCUT2D eigenvalue weighted by Crippen LogP contribution is -2.32. The molecule has 98 valence electrons. The molecule has 1 aromatic rings. The van der Waals surface area contributed by atoms with Gasteiger partial charge < -0.3 is 9.47 Å².